The van der Waals surface area contributed by atoms with Gasteiger partial charge in [-0.15, -0.1) is 11.3 Å². The molecule has 3 heterocycles. The highest BCUT2D eigenvalue weighted by atomic mass is 32.1. The number of nitrogens with zero attached hydrogens (tertiary/aromatic N) is 3. The Balaban J connectivity index is 1.90. The molecule has 1 aromatic carbocycles. The summed E-state index contributed by atoms with van der Waals surface area (Å²) in [6.07, 6.45) is 4.01. The topological polar surface area (TPSA) is 46.6 Å². The minimum atomic E-state index is 0.434. The lowest BCUT2D eigenvalue weighted by atomic mass is 10.1. The van der Waals surface area contributed by atoms with Gasteiger partial charge in [-0.05, 0) is 31.5 Å². The predicted molar refractivity (Wildman–Crippen MR) is 87.6 cm³/mol. The van der Waals surface area contributed by atoms with Gasteiger partial charge in [0.05, 0.1) is 5.69 Å². The van der Waals surface area contributed by atoms with Crippen LogP contribution >= 0.6 is 11.3 Å². The van der Waals surface area contributed by atoms with Gasteiger partial charge < -0.3 is 10.6 Å². The summed E-state index contributed by atoms with van der Waals surface area (Å²) in [4.78, 5) is 8.30. The molecule has 0 fully saturated rings. The van der Waals surface area contributed by atoms with Crippen molar-refractivity contribution >= 4 is 27.8 Å². The van der Waals surface area contributed by atoms with E-state index in [1.165, 1.54) is 16.9 Å². The summed E-state index contributed by atoms with van der Waals surface area (Å²) < 4.78 is 2.18. The van der Waals surface area contributed by atoms with E-state index in [2.05, 4.69) is 52.1 Å². The number of benzene rings is 1. The quantitative estimate of drug-likeness (QED) is 0.808. The second kappa shape index (κ2) is 4.86. The summed E-state index contributed by atoms with van der Waals surface area (Å²) in [5.41, 5.74) is 9.73. The van der Waals surface area contributed by atoms with E-state index in [9.17, 15) is 0 Å². The average Bonchev–Trinajstić information content (AvgIpc) is 3.12. The third-order valence-electron chi connectivity index (χ3n) is 4.16. The maximum absolute atomic E-state index is 5.82. The van der Waals surface area contributed by atoms with Crippen molar-refractivity contribution in [3.05, 3.63) is 47.1 Å². The van der Waals surface area contributed by atoms with Crippen molar-refractivity contribution in [2.75, 3.05) is 11.4 Å². The molecule has 3 aromatic rings. The first-order chi connectivity index (χ1) is 10.3. The molecule has 1 atom stereocenters. The Bertz CT molecular complexity index is 789. The summed E-state index contributed by atoms with van der Waals surface area (Å²) in [6.45, 7) is 2.90. The number of anilines is 2. The van der Waals surface area contributed by atoms with E-state index < -0.39 is 0 Å². The number of nitrogens with two attached hydrogens (primary N) is 1. The minimum Gasteiger partial charge on any atom is -0.330 e. The highest BCUT2D eigenvalue weighted by Gasteiger charge is 2.30. The fraction of sp³-hybridized carbons (Fsp3) is 0.312. The number of para-hydroxylation sites is 1. The second-order valence-electron chi connectivity index (χ2n) is 5.53. The molecule has 2 N–H and O–H groups in total. The van der Waals surface area contributed by atoms with Crippen LogP contribution in [0.2, 0.25) is 0 Å². The monoisotopic (exact) mass is 298 g/mol. The standard InChI is InChI=1S/C16H18N4S/c1-11-10-12-4-2-3-5-13(12)20(11)15-14(6-7-17)19-8-9-21-16(19)18-15/h2-5,8-9,11H,6-7,10,17H2,1H3. The zero-order valence-corrected chi connectivity index (χ0v) is 12.8. The molecule has 5 heteroatoms. The summed E-state index contributed by atoms with van der Waals surface area (Å²) in [5.74, 6) is 1.07. The molecule has 0 amide bonds. The summed E-state index contributed by atoms with van der Waals surface area (Å²) in [5, 5.41) is 2.08. The van der Waals surface area contributed by atoms with Crippen molar-refractivity contribution in [3.63, 3.8) is 0 Å². The number of hydrogen-bond donors (Lipinski definition) is 1. The molecule has 1 unspecified atom stereocenters. The Morgan fingerprint density at radius 2 is 2.24 bits per heavy atom. The molecule has 0 aliphatic carbocycles. The van der Waals surface area contributed by atoms with Gasteiger partial charge in [0, 0.05) is 29.7 Å². The maximum atomic E-state index is 5.82. The van der Waals surface area contributed by atoms with Crippen LogP contribution in [0.25, 0.3) is 4.96 Å². The number of hydrogen-bond acceptors (Lipinski definition) is 4. The molecule has 4 nitrogen and oxygen atoms in total. The van der Waals surface area contributed by atoms with Gasteiger partial charge in [0.2, 0.25) is 0 Å². The van der Waals surface area contributed by atoms with E-state index >= 15 is 0 Å². The van der Waals surface area contributed by atoms with E-state index in [0.29, 0.717) is 12.6 Å². The molecule has 108 valence electrons. The highest BCUT2D eigenvalue weighted by Crippen LogP contribution is 2.39. The Morgan fingerprint density at radius 3 is 3.10 bits per heavy atom. The van der Waals surface area contributed by atoms with E-state index in [4.69, 9.17) is 10.7 Å². The van der Waals surface area contributed by atoms with E-state index in [1.54, 1.807) is 11.3 Å². The first kappa shape index (κ1) is 12.9. The first-order valence-electron chi connectivity index (χ1n) is 7.31. The first-order valence-corrected chi connectivity index (χ1v) is 8.19. The van der Waals surface area contributed by atoms with Crippen molar-refractivity contribution in [3.8, 4) is 0 Å². The highest BCUT2D eigenvalue weighted by molar-refractivity contribution is 7.15. The van der Waals surface area contributed by atoms with Gasteiger partial charge in [-0.1, -0.05) is 18.2 Å². The third-order valence-corrected chi connectivity index (χ3v) is 4.91. The van der Waals surface area contributed by atoms with Gasteiger partial charge in [-0.3, -0.25) is 4.40 Å². The van der Waals surface area contributed by atoms with Gasteiger partial charge in [0.15, 0.2) is 10.8 Å². The second-order valence-corrected chi connectivity index (χ2v) is 6.40. The molecule has 2 aromatic heterocycles. The summed E-state index contributed by atoms with van der Waals surface area (Å²) >= 11 is 1.67. The maximum Gasteiger partial charge on any atom is 0.195 e. The molecule has 0 bridgehead atoms. The Labute approximate surface area is 127 Å². The largest absolute Gasteiger partial charge is 0.330 e. The summed E-state index contributed by atoms with van der Waals surface area (Å²) in [7, 11) is 0. The molecule has 4 rings (SSSR count). The SMILES string of the molecule is CC1Cc2ccccc2N1c1nc2sccn2c1CCN. The lowest BCUT2D eigenvalue weighted by Crippen LogP contribution is -2.25. The molecule has 21 heavy (non-hydrogen) atoms. The van der Waals surface area contributed by atoms with Gasteiger partial charge in [-0.25, -0.2) is 4.98 Å². The van der Waals surface area contributed by atoms with Crippen LogP contribution in [0.1, 0.15) is 18.2 Å². The van der Waals surface area contributed by atoms with Crippen molar-refractivity contribution in [2.45, 2.75) is 25.8 Å². The molecule has 0 radical (unpaired) electrons. The minimum absolute atomic E-state index is 0.434. The van der Waals surface area contributed by atoms with Crippen LogP contribution in [0.4, 0.5) is 11.5 Å². The van der Waals surface area contributed by atoms with Crippen molar-refractivity contribution in [2.24, 2.45) is 5.73 Å². The molecule has 0 saturated carbocycles. The zero-order valence-electron chi connectivity index (χ0n) is 12.0. The molecular formula is C16H18N4S. The van der Waals surface area contributed by atoms with Crippen molar-refractivity contribution in [1.82, 2.24) is 9.38 Å². The molecule has 0 saturated heterocycles. The summed E-state index contributed by atoms with van der Waals surface area (Å²) in [6, 6.07) is 9.06. The van der Waals surface area contributed by atoms with Gasteiger partial charge >= 0.3 is 0 Å². The normalized spacial score (nSPS) is 17.6. The average molecular weight is 298 g/mol. The fourth-order valence-corrected chi connectivity index (χ4v) is 4.00. The zero-order chi connectivity index (χ0) is 14.4. The molecule has 1 aliphatic heterocycles. The van der Waals surface area contributed by atoms with Crippen LogP contribution < -0.4 is 10.6 Å². The van der Waals surface area contributed by atoms with Crippen LogP contribution in [-0.4, -0.2) is 22.0 Å². The number of rotatable bonds is 3. The molecule has 0 spiro atoms. The van der Waals surface area contributed by atoms with E-state index in [-0.39, 0.29) is 0 Å². The van der Waals surface area contributed by atoms with Crippen LogP contribution in [0.5, 0.6) is 0 Å². The predicted octanol–water partition coefficient (Wildman–Crippen LogP) is 2.98. The number of thiazole rings is 1. The fourth-order valence-electron chi connectivity index (χ4n) is 3.27. The number of imidazole rings is 1. The van der Waals surface area contributed by atoms with E-state index in [0.717, 1.165) is 23.6 Å². The van der Waals surface area contributed by atoms with Gasteiger partial charge in [0.1, 0.15) is 0 Å². The van der Waals surface area contributed by atoms with Crippen molar-refractivity contribution < 1.29 is 0 Å². The van der Waals surface area contributed by atoms with E-state index in [1.807, 2.05) is 0 Å². The lowest BCUT2D eigenvalue weighted by molar-refractivity contribution is 0.745. The third kappa shape index (κ3) is 1.88. The van der Waals surface area contributed by atoms with Crippen LogP contribution in [0, 0.1) is 0 Å². The Morgan fingerprint density at radius 1 is 1.38 bits per heavy atom. The van der Waals surface area contributed by atoms with Crippen molar-refractivity contribution in [1.29, 1.82) is 0 Å². The number of aromatic nitrogens is 2. The van der Waals surface area contributed by atoms with Gasteiger partial charge in [-0.2, -0.15) is 0 Å². The van der Waals surface area contributed by atoms with Crippen LogP contribution in [0.3, 0.4) is 0 Å². The Hall–Kier alpha value is -1.85. The van der Waals surface area contributed by atoms with Crippen LogP contribution in [-0.2, 0) is 12.8 Å². The number of fused-ring (bicyclic) bond motifs is 2. The molecular weight excluding hydrogens is 280 g/mol. The smallest absolute Gasteiger partial charge is 0.195 e. The lowest BCUT2D eigenvalue weighted by Gasteiger charge is -2.24. The Kier molecular flexibility index (Phi) is 2.97. The van der Waals surface area contributed by atoms with Crippen LogP contribution in [0.15, 0.2) is 35.8 Å². The van der Waals surface area contributed by atoms with Gasteiger partial charge in [0.25, 0.3) is 0 Å². The molecule has 1 aliphatic rings.